The molecule has 0 saturated heterocycles. The van der Waals surface area contributed by atoms with Crippen LogP contribution in [-0.2, 0) is 0 Å². The summed E-state index contributed by atoms with van der Waals surface area (Å²) in [6, 6.07) is 17.3. The molecule has 8 nitrogen and oxygen atoms in total. The van der Waals surface area contributed by atoms with E-state index in [9.17, 15) is 4.79 Å². The van der Waals surface area contributed by atoms with Crippen molar-refractivity contribution >= 4 is 23.2 Å². The fourth-order valence-corrected chi connectivity index (χ4v) is 2.42. The number of aromatic nitrogens is 2. The number of hydrogen-bond donors (Lipinski definition) is 2. The van der Waals surface area contributed by atoms with E-state index >= 15 is 0 Å². The molecule has 8 heteroatoms. The summed E-state index contributed by atoms with van der Waals surface area (Å²) in [5.41, 5.74) is 1.48. The predicted octanol–water partition coefficient (Wildman–Crippen LogP) is 3.36. The van der Waals surface area contributed by atoms with Gasteiger partial charge in [0, 0.05) is 11.6 Å². The fraction of sp³-hybridized carbons (Fsp3) is 0.100. The molecule has 0 aliphatic carbocycles. The molecule has 1 aromatic heterocycles. The quantitative estimate of drug-likeness (QED) is 0.680. The second-order valence-electron chi connectivity index (χ2n) is 5.64. The number of amides is 1. The van der Waals surface area contributed by atoms with E-state index in [1.165, 1.54) is 14.2 Å². The predicted molar refractivity (Wildman–Crippen MR) is 104 cm³/mol. The van der Waals surface area contributed by atoms with Crippen LogP contribution in [0, 0.1) is 11.3 Å². The number of nitriles is 1. The number of nitrogens with one attached hydrogen (secondary N) is 2. The highest BCUT2D eigenvalue weighted by molar-refractivity contribution is 6.04. The molecule has 140 valence electrons. The molecule has 2 N–H and O–H groups in total. The highest BCUT2D eigenvalue weighted by Crippen LogP contribution is 2.23. The van der Waals surface area contributed by atoms with E-state index in [-0.39, 0.29) is 11.7 Å². The number of ether oxygens (including phenoxy) is 2. The molecule has 0 aliphatic heterocycles. The molecule has 0 bridgehead atoms. The van der Waals surface area contributed by atoms with Gasteiger partial charge in [-0.05, 0) is 36.4 Å². The lowest BCUT2D eigenvalue weighted by atomic mass is 10.2. The van der Waals surface area contributed by atoms with Crippen LogP contribution in [0.1, 0.15) is 15.9 Å². The minimum absolute atomic E-state index is 0.283. The van der Waals surface area contributed by atoms with Gasteiger partial charge in [0.25, 0.3) is 5.91 Å². The molecule has 1 amide bonds. The summed E-state index contributed by atoms with van der Waals surface area (Å²) >= 11 is 0. The van der Waals surface area contributed by atoms with E-state index in [0.717, 1.165) is 0 Å². The standard InChI is InChI=1S/C20H17N5O3/c1-27-15-9-14(10-16(11-15)28-2)20(26)23-19-8-7-18(24-25-19)22-17-6-4-3-5-13(17)12-21/h3-11H,1-2H3,(H,22,24)(H,23,25,26). The molecule has 1 heterocycles. The Balaban J connectivity index is 1.72. The molecule has 28 heavy (non-hydrogen) atoms. The minimum Gasteiger partial charge on any atom is -0.497 e. The molecule has 0 unspecified atom stereocenters. The Labute approximate surface area is 161 Å². The van der Waals surface area contributed by atoms with E-state index < -0.39 is 0 Å². The van der Waals surface area contributed by atoms with Crippen LogP contribution in [0.2, 0.25) is 0 Å². The van der Waals surface area contributed by atoms with E-state index in [4.69, 9.17) is 14.7 Å². The van der Waals surface area contributed by atoms with Crippen molar-refractivity contribution in [3.63, 3.8) is 0 Å². The van der Waals surface area contributed by atoms with Gasteiger partial charge in [0.1, 0.15) is 17.6 Å². The van der Waals surface area contributed by atoms with Crippen molar-refractivity contribution < 1.29 is 14.3 Å². The maximum Gasteiger partial charge on any atom is 0.257 e. The smallest absolute Gasteiger partial charge is 0.257 e. The average Bonchev–Trinajstić information content (AvgIpc) is 2.75. The number of carbonyl (C=O) groups excluding carboxylic acids is 1. The Hall–Kier alpha value is -4.12. The molecule has 0 aliphatic rings. The number of nitrogens with zero attached hydrogens (tertiary/aromatic N) is 3. The molecule has 3 aromatic rings. The summed E-state index contributed by atoms with van der Waals surface area (Å²) in [5, 5.41) is 22.8. The first kappa shape index (κ1) is 18.7. The van der Waals surface area contributed by atoms with Crippen molar-refractivity contribution in [3.05, 3.63) is 65.7 Å². The zero-order valence-corrected chi connectivity index (χ0v) is 15.3. The van der Waals surface area contributed by atoms with Gasteiger partial charge in [-0.2, -0.15) is 5.26 Å². The van der Waals surface area contributed by atoms with Crippen molar-refractivity contribution in [2.75, 3.05) is 24.9 Å². The third-order valence-corrected chi connectivity index (χ3v) is 3.83. The number of hydrogen-bond acceptors (Lipinski definition) is 7. The molecular weight excluding hydrogens is 358 g/mol. The summed E-state index contributed by atoms with van der Waals surface area (Å²) in [4.78, 5) is 12.5. The number of rotatable bonds is 6. The molecule has 0 saturated carbocycles. The normalized spacial score (nSPS) is 9.89. The first-order chi connectivity index (χ1) is 13.6. The van der Waals surface area contributed by atoms with Crippen molar-refractivity contribution in [2.45, 2.75) is 0 Å². The van der Waals surface area contributed by atoms with Gasteiger partial charge in [-0.3, -0.25) is 4.79 Å². The van der Waals surface area contributed by atoms with Crippen LogP contribution in [0.15, 0.2) is 54.6 Å². The highest BCUT2D eigenvalue weighted by Gasteiger charge is 2.11. The van der Waals surface area contributed by atoms with Gasteiger partial charge in [-0.25, -0.2) is 0 Å². The monoisotopic (exact) mass is 375 g/mol. The fourth-order valence-electron chi connectivity index (χ4n) is 2.42. The number of methoxy groups -OCH3 is 2. The molecule has 0 fully saturated rings. The Bertz CT molecular complexity index is 1010. The summed E-state index contributed by atoms with van der Waals surface area (Å²) < 4.78 is 10.3. The van der Waals surface area contributed by atoms with Gasteiger partial charge in [-0.1, -0.05) is 12.1 Å². The third kappa shape index (κ3) is 4.34. The zero-order valence-electron chi connectivity index (χ0n) is 15.3. The zero-order chi connectivity index (χ0) is 19.9. The summed E-state index contributed by atoms with van der Waals surface area (Å²) in [6.07, 6.45) is 0. The van der Waals surface area contributed by atoms with Crippen LogP contribution < -0.4 is 20.1 Å². The van der Waals surface area contributed by atoms with E-state index in [2.05, 4.69) is 26.9 Å². The number of benzene rings is 2. The maximum atomic E-state index is 12.5. The van der Waals surface area contributed by atoms with Gasteiger partial charge in [0.15, 0.2) is 11.6 Å². The Kier molecular flexibility index (Phi) is 5.67. The van der Waals surface area contributed by atoms with E-state index in [1.54, 1.807) is 48.5 Å². The van der Waals surface area contributed by atoms with Crippen LogP contribution in [0.5, 0.6) is 11.5 Å². The largest absolute Gasteiger partial charge is 0.497 e. The lowest BCUT2D eigenvalue weighted by Gasteiger charge is -2.09. The molecule has 0 spiro atoms. The second kappa shape index (κ2) is 8.51. The van der Waals surface area contributed by atoms with E-state index in [1.807, 2.05) is 6.07 Å². The van der Waals surface area contributed by atoms with Crippen molar-refractivity contribution in [1.82, 2.24) is 10.2 Å². The van der Waals surface area contributed by atoms with Crippen LogP contribution in [0.25, 0.3) is 0 Å². The summed E-state index contributed by atoms with van der Waals surface area (Å²) in [5.74, 6) is 1.37. The number of anilines is 3. The SMILES string of the molecule is COc1cc(OC)cc(C(=O)Nc2ccc(Nc3ccccc3C#N)nn2)c1. The van der Waals surface area contributed by atoms with Gasteiger partial charge < -0.3 is 20.1 Å². The maximum absolute atomic E-state index is 12.5. The van der Waals surface area contributed by atoms with Crippen molar-refractivity contribution in [2.24, 2.45) is 0 Å². The van der Waals surface area contributed by atoms with Gasteiger partial charge in [0.05, 0.1) is 25.5 Å². The van der Waals surface area contributed by atoms with Crippen molar-refractivity contribution in [3.8, 4) is 17.6 Å². The Morgan fingerprint density at radius 1 is 0.964 bits per heavy atom. The van der Waals surface area contributed by atoms with Crippen LogP contribution in [-0.4, -0.2) is 30.3 Å². The number of carbonyl (C=O) groups is 1. The molecule has 0 radical (unpaired) electrons. The number of para-hydroxylation sites is 1. The first-order valence-electron chi connectivity index (χ1n) is 8.27. The molecule has 2 aromatic carbocycles. The van der Waals surface area contributed by atoms with Gasteiger partial charge >= 0.3 is 0 Å². The minimum atomic E-state index is -0.373. The van der Waals surface area contributed by atoms with Gasteiger partial charge in [-0.15, -0.1) is 10.2 Å². The molecule has 0 atom stereocenters. The van der Waals surface area contributed by atoms with Crippen LogP contribution in [0.3, 0.4) is 0 Å². The molecule has 3 rings (SSSR count). The molecular formula is C20H17N5O3. The first-order valence-corrected chi connectivity index (χ1v) is 8.27. The Morgan fingerprint density at radius 3 is 2.21 bits per heavy atom. The Morgan fingerprint density at radius 2 is 1.61 bits per heavy atom. The lowest BCUT2D eigenvalue weighted by Crippen LogP contribution is -2.14. The van der Waals surface area contributed by atoms with Gasteiger partial charge in [0.2, 0.25) is 0 Å². The topological polar surface area (TPSA) is 109 Å². The third-order valence-electron chi connectivity index (χ3n) is 3.83. The summed E-state index contributed by atoms with van der Waals surface area (Å²) in [7, 11) is 3.02. The van der Waals surface area contributed by atoms with Crippen LogP contribution >= 0.6 is 0 Å². The second-order valence-corrected chi connectivity index (χ2v) is 5.64. The van der Waals surface area contributed by atoms with Crippen molar-refractivity contribution in [1.29, 1.82) is 5.26 Å². The summed E-state index contributed by atoms with van der Waals surface area (Å²) in [6.45, 7) is 0. The van der Waals surface area contributed by atoms with E-state index in [0.29, 0.717) is 34.1 Å². The average molecular weight is 375 g/mol. The lowest BCUT2D eigenvalue weighted by molar-refractivity contribution is 0.102. The van der Waals surface area contributed by atoms with Crippen LogP contribution in [0.4, 0.5) is 17.3 Å². The highest BCUT2D eigenvalue weighted by atomic mass is 16.5.